The van der Waals surface area contributed by atoms with Gasteiger partial charge in [0.1, 0.15) is 0 Å². The van der Waals surface area contributed by atoms with Crippen LogP contribution in [0, 0.1) is 0 Å². The Labute approximate surface area is 115 Å². The van der Waals surface area contributed by atoms with E-state index in [9.17, 15) is 4.79 Å². The number of nitrogens with zero attached hydrogens (tertiary/aromatic N) is 3. The molecule has 0 aromatic carbocycles. The van der Waals surface area contributed by atoms with E-state index < -0.39 is 0 Å². The molecule has 0 aliphatic carbocycles. The minimum absolute atomic E-state index is 0.0515. The fourth-order valence-electron chi connectivity index (χ4n) is 3.14. The predicted molar refractivity (Wildman–Crippen MR) is 74.5 cm³/mol. The Hall–Kier alpha value is -1.36. The number of amides is 1. The first-order valence-electron chi connectivity index (χ1n) is 7.00. The molecule has 1 saturated heterocycles. The average Bonchev–Trinajstić information content (AvgIpc) is 2.98. The van der Waals surface area contributed by atoms with E-state index in [1.165, 1.54) is 12.8 Å². The number of aromatic amines is 1. The van der Waals surface area contributed by atoms with Crippen LogP contribution in [-0.2, 0) is 11.3 Å². The molecule has 5 heteroatoms. The summed E-state index contributed by atoms with van der Waals surface area (Å²) in [6.07, 6.45) is 5.96. The monoisotopic (exact) mass is 264 g/mol. The van der Waals surface area contributed by atoms with E-state index in [1.807, 2.05) is 20.2 Å². The molecule has 0 radical (unpaired) electrons. The maximum Gasteiger partial charge on any atom is 0.239 e. The highest BCUT2D eigenvalue weighted by atomic mass is 16.2. The Bertz CT molecular complexity index is 407. The molecule has 0 saturated carbocycles. The smallest absolute Gasteiger partial charge is 0.239 e. The third kappa shape index (κ3) is 2.97. The van der Waals surface area contributed by atoms with Gasteiger partial charge in [0.2, 0.25) is 5.91 Å². The molecule has 2 heterocycles. The molecule has 5 nitrogen and oxygen atoms in total. The molecular formula is C14H24N4O. The molecule has 1 amide bonds. The maximum atomic E-state index is 12.5. The van der Waals surface area contributed by atoms with Gasteiger partial charge in [-0.3, -0.25) is 14.8 Å². The summed E-state index contributed by atoms with van der Waals surface area (Å²) in [5.74, 6) is 0.182. The number of H-pyrrole nitrogens is 1. The summed E-state index contributed by atoms with van der Waals surface area (Å²) in [5.41, 5.74) is 1.03. The van der Waals surface area contributed by atoms with Gasteiger partial charge in [0, 0.05) is 37.4 Å². The summed E-state index contributed by atoms with van der Waals surface area (Å²) in [6, 6.07) is 0.942. The van der Waals surface area contributed by atoms with E-state index in [1.54, 1.807) is 11.1 Å². The van der Waals surface area contributed by atoms with Gasteiger partial charge >= 0.3 is 0 Å². The zero-order valence-corrected chi connectivity index (χ0v) is 12.3. The molecule has 1 aromatic heterocycles. The summed E-state index contributed by atoms with van der Waals surface area (Å²) in [7, 11) is 1.86. The fourth-order valence-corrected chi connectivity index (χ4v) is 3.14. The van der Waals surface area contributed by atoms with Crippen molar-refractivity contribution in [2.24, 2.45) is 0 Å². The van der Waals surface area contributed by atoms with Crippen LogP contribution in [-0.4, -0.2) is 51.1 Å². The van der Waals surface area contributed by atoms with E-state index in [0.717, 1.165) is 5.56 Å². The Morgan fingerprint density at radius 3 is 2.68 bits per heavy atom. The lowest BCUT2D eigenvalue weighted by Gasteiger charge is -2.33. The zero-order valence-electron chi connectivity index (χ0n) is 12.3. The van der Waals surface area contributed by atoms with Crippen LogP contribution >= 0.6 is 0 Å². The van der Waals surface area contributed by atoms with Crippen molar-refractivity contribution in [3.05, 3.63) is 18.0 Å². The second-order valence-electron chi connectivity index (χ2n) is 5.70. The van der Waals surface area contributed by atoms with E-state index in [-0.39, 0.29) is 11.9 Å². The number of nitrogens with one attached hydrogen (secondary N) is 1. The normalized spacial score (nSPS) is 25.5. The first-order valence-corrected chi connectivity index (χ1v) is 7.00. The quantitative estimate of drug-likeness (QED) is 0.899. The van der Waals surface area contributed by atoms with Crippen LogP contribution in [0.1, 0.15) is 39.2 Å². The van der Waals surface area contributed by atoms with Crippen molar-refractivity contribution in [3.8, 4) is 0 Å². The second kappa shape index (κ2) is 5.74. The number of aromatic nitrogens is 2. The molecule has 1 aliphatic rings. The molecule has 106 valence electrons. The molecular weight excluding hydrogens is 240 g/mol. The van der Waals surface area contributed by atoms with Crippen LogP contribution in [0.15, 0.2) is 12.4 Å². The Morgan fingerprint density at radius 1 is 1.53 bits per heavy atom. The highest BCUT2D eigenvalue weighted by Gasteiger charge is 2.35. The lowest BCUT2D eigenvalue weighted by Crippen LogP contribution is -2.49. The molecule has 3 atom stereocenters. The SMILES string of the molecule is CC1CCC(C)N1C(C)C(=O)N(C)Cc1cn[nH]c1. The van der Waals surface area contributed by atoms with Gasteiger partial charge in [-0.05, 0) is 33.6 Å². The van der Waals surface area contributed by atoms with Crippen molar-refractivity contribution < 1.29 is 4.79 Å². The van der Waals surface area contributed by atoms with Crippen molar-refractivity contribution in [1.29, 1.82) is 0 Å². The Morgan fingerprint density at radius 2 is 2.16 bits per heavy atom. The van der Waals surface area contributed by atoms with Crippen LogP contribution in [0.25, 0.3) is 0 Å². The summed E-state index contributed by atoms with van der Waals surface area (Å²) >= 11 is 0. The van der Waals surface area contributed by atoms with Crippen LogP contribution in [0.2, 0.25) is 0 Å². The van der Waals surface area contributed by atoms with E-state index >= 15 is 0 Å². The van der Waals surface area contributed by atoms with Gasteiger partial charge < -0.3 is 4.90 Å². The molecule has 0 spiro atoms. The van der Waals surface area contributed by atoms with Crippen LogP contribution in [0.3, 0.4) is 0 Å². The number of carbonyl (C=O) groups is 1. The summed E-state index contributed by atoms with van der Waals surface area (Å²) < 4.78 is 0. The van der Waals surface area contributed by atoms with Gasteiger partial charge in [-0.1, -0.05) is 0 Å². The standard InChI is InChI=1S/C14H24N4O/c1-10-5-6-11(2)18(10)12(3)14(19)17(4)9-13-7-15-16-8-13/h7-8,10-12H,5-6,9H2,1-4H3,(H,15,16). The first kappa shape index (κ1) is 14.1. The highest BCUT2D eigenvalue weighted by molar-refractivity contribution is 5.81. The molecule has 19 heavy (non-hydrogen) atoms. The van der Waals surface area contributed by atoms with E-state index in [0.29, 0.717) is 18.6 Å². The lowest BCUT2D eigenvalue weighted by atomic mass is 10.2. The van der Waals surface area contributed by atoms with E-state index in [2.05, 4.69) is 28.9 Å². The number of hydrogen-bond acceptors (Lipinski definition) is 3. The van der Waals surface area contributed by atoms with Crippen molar-refractivity contribution >= 4 is 5.91 Å². The Kier molecular flexibility index (Phi) is 4.24. The Balaban J connectivity index is 1.98. The van der Waals surface area contributed by atoms with Crippen molar-refractivity contribution in [1.82, 2.24) is 20.0 Å². The number of rotatable bonds is 4. The topological polar surface area (TPSA) is 52.2 Å². The van der Waals surface area contributed by atoms with Crippen molar-refractivity contribution in [2.45, 2.75) is 58.3 Å². The number of likely N-dealkylation sites (tertiary alicyclic amines) is 1. The van der Waals surface area contributed by atoms with Gasteiger partial charge in [-0.2, -0.15) is 5.10 Å². The molecule has 3 unspecified atom stereocenters. The van der Waals surface area contributed by atoms with Crippen LogP contribution < -0.4 is 0 Å². The molecule has 1 fully saturated rings. The van der Waals surface area contributed by atoms with Gasteiger partial charge in [-0.25, -0.2) is 0 Å². The second-order valence-corrected chi connectivity index (χ2v) is 5.70. The lowest BCUT2D eigenvalue weighted by molar-refractivity contribution is -0.136. The van der Waals surface area contributed by atoms with Crippen LogP contribution in [0.5, 0.6) is 0 Å². The third-order valence-electron chi connectivity index (χ3n) is 4.18. The predicted octanol–water partition coefficient (Wildman–Crippen LogP) is 1.63. The minimum atomic E-state index is -0.0515. The third-order valence-corrected chi connectivity index (χ3v) is 4.18. The van der Waals surface area contributed by atoms with Gasteiger partial charge in [-0.15, -0.1) is 0 Å². The highest BCUT2D eigenvalue weighted by Crippen LogP contribution is 2.26. The molecule has 0 bridgehead atoms. The van der Waals surface area contributed by atoms with E-state index in [4.69, 9.17) is 0 Å². The summed E-state index contributed by atoms with van der Waals surface area (Å²) in [4.78, 5) is 16.6. The summed E-state index contributed by atoms with van der Waals surface area (Å²) in [5, 5.41) is 6.68. The van der Waals surface area contributed by atoms with Crippen LogP contribution in [0.4, 0.5) is 0 Å². The largest absolute Gasteiger partial charge is 0.340 e. The maximum absolute atomic E-state index is 12.5. The number of hydrogen-bond donors (Lipinski definition) is 1. The van der Waals surface area contributed by atoms with Crippen molar-refractivity contribution in [3.63, 3.8) is 0 Å². The average molecular weight is 264 g/mol. The molecule has 1 aromatic rings. The minimum Gasteiger partial charge on any atom is -0.340 e. The molecule has 2 rings (SSSR count). The first-order chi connectivity index (χ1) is 9.00. The molecule has 1 N–H and O–H groups in total. The summed E-state index contributed by atoms with van der Waals surface area (Å²) in [6.45, 7) is 7.05. The fraction of sp³-hybridized carbons (Fsp3) is 0.714. The number of likely N-dealkylation sites (N-methyl/N-ethyl adjacent to an activating group) is 1. The molecule has 1 aliphatic heterocycles. The van der Waals surface area contributed by atoms with Gasteiger partial charge in [0.05, 0.1) is 12.2 Å². The van der Waals surface area contributed by atoms with Crippen molar-refractivity contribution in [2.75, 3.05) is 7.05 Å². The van der Waals surface area contributed by atoms with Gasteiger partial charge in [0.15, 0.2) is 0 Å². The number of carbonyl (C=O) groups excluding carboxylic acids is 1. The van der Waals surface area contributed by atoms with Gasteiger partial charge in [0.25, 0.3) is 0 Å². The zero-order chi connectivity index (χ0) is 14.0.